The quantitative estimate of drug-likeness (QED) is 0.283. The van der Waals surface area contributed by atoms with Crippen LogP contribution < -0.4 is 4.72 Å². The standard InChI is InChI=1S/C22H19ClN2O2S2.C2HF3O2/c1-13-7-8-16(9-14(13)2)19-12-28-22-21(19)20(10-15(3)24-22)25-29(26,27)18-6-4-5-17(23)11-18;3-2(4,5)1(6)7/h4-12H,1-3H3,(H,24,25);(H,6,7). The van der Waals surface area contributed by atoms with Crippen LogP contribution in [-0.2, 0) is 14.8 Å². The maximum Gasteiger partial charge on any atom is 0.490 e. The molecule has 0 saturated heterocycles. The second-order valence-corrected chi connectivity index (χ2v) is 10.8. The molecule has 0 fully saturated rings. The van der Waals surface area contributed by atoms with Crippen LogP contribution in [0.15, 0.2) is 58.8 Å². The number of carboxylic acid groups (broad SMARTS) is 1. The van der Waals surface area contributed by atoms with E-state index in [0.29, 0.717) is 10.7 Å². The zero-order valence-corrected chi connectivity index (χ0v) is 21.5. The minimum Gasteiger partial charge on any atom is -0.475 e. The van der Waals surface area contributed by atoms with Crippen LogP contribution in [0.25, 0.3) is 21.3 Å². The molecule has 0 aliphatic rings. The molecule has 0 bridgehead atoms. The van der Waals surface area contributed by atoms with E-state index in [1.165, 1.54) is 34.6 Å². The van der Waals surface area contributed by atoms with Crippen molar-refractivity contribution in [2.75, 3.05) is 4.72 Å². The molecule has 12 heteroatoms. The van der Waals surface area contributed by atoms with Crippen LogP contribution in [0.1, 0.15) is 16.8 Å². The molecule has 6 nitrogen and oxygen atoms in total. The summed E-state index contributed by atoms with van der Waals surface area (Å²) in [5, 5.41) is 10.3. The fourth-order valence-electron chi connectivity index (χ4n) is 3.20. The van der Waals surface area contributed by atoms with Gasteiger partial charge in [-0.15, -0.1) is 11.3 Å². The lowest BCUT2D eigenvalue weighted by Gasteiger charge is -2.12. The third-order valence-corrected chi connectivity index (χ3v) is 7.55. The van der Waals surface area contributed by atoms with E-state index >= 15 is 0 Å². The van der Waals surface area contributed by atoms with Gasteiger partial charge in [0.25, 0.3) is 10.0 Å². The molecular formula is C24H20ClF3N2O4S2. The molecule has 0 radical (unpaired) electrons. The highest BCUT2D eigenvalue weighted by molar-refractivity contribution is 7.92. The van der Waals surface area contributed by atoms with Crippen molar-refractivity contribution in [1.82, 2.24) is 4.98 Å². The van der Waals surface area contributed by atoms with Crippen molar-refractivity contribution in [3.8, 4) is 11.1 Å². The summed E-state index contributed by atoms with van der Waals surface area (Å²) in [6.07, 6.45) is -5.08. The minimum absolute atomic E-state index is 0.121. The first-order chi connectivity index (χ1) is 16.7. The predicted octanol–water partition coefficient (Wildman–Crippen LogP) is 6.98. The Morgan fingerprint density at radius 1 is 1.06 bits per heavy atom. The molecule has 2 aromatic heterocycles. The molecule has 0 atom stereocenters. The molecule has 36 heavy (non-hydrogen) atoms. The molecule has 4 rings (SSSR count). The van der Waals surface area contributed by atoms with E-state index in [-0.39, 0.29) is 4.90 Å². The van der Waals surface area contributed by atoms with Crippen molar-refractivity contribution < 1.29 is 31.5 Å². The maximum atomic E-state index is 13.0. The number of aryl methyl sites for hydroxylation is 3. The molecule has 2 heterocycles. The summed E-state index contributed by atoms with van der Waals surface area (Å²) < 4.78 is 60.5. The van der Waals surface area contributed by atoms with Crippen molar-refractivity contribution in [3.63, 3.8) is 0 Å². The van der Waals surface area contributed by atoms with Crippen LogP contribution in [0.5, 0.6) is 0 Å². The van der Waals surface area contributed by atoms with Crippen LogP contribution in [-0.4, -0.2) is 30.7 Å². The summed E-state index contributed by atoms with van der Waals surface area (Å²) in [4.78, 5) is 14.4. The summed E-state index contributed by atoms with van der Waals surface area (Å²) >= 11 is 7.49. The second-order valence-electron chi connectivity index (χ2n) is 7.81. The summed E-state index contributed by atoms with van der Waals surface area (Å²) in [6.45, 7) is 5.99. The van der Waals surface area contributed by atoms with Crippen molar-refractivity contribution in [2.24, 2.45) is 0 Å². The predicted molar refractivity (Wildman–Crippen MR) is 135 cm³/mol. The largest absolute Gasteiger partial charge is 0.490 e. The Balaban J connectivity index is 0.000000454. The topological polar surface area (TPSA) is 96.4 Å². The molecule has 0 unspecified atom stereocenters. The highest BCUT2D eigenvalue weighted by atomic mass is 35.5. The Kier molecular flexibility index (Phi) is 7.97. The molecule has 4 aromatic rings. The van der Waals surface area contributed by atoms with Gasteiger partial charge >= 0.3 is 12.1 Å². The van der Waals surface area contributed by atoms with E-state index in [9.17, 15) is 21.6 Å². The number of rotatable bonds is 4. The van der Waals surface area contributed by atoms with E-state index in [2.05, 4.69) is 41.8 Å². The third-order valence-electron chi connectivity index (χ3n) is 5.08. The molecule has 2 N–H and O–H groups in total. The number of anilines is 1. The van der Waals surface area contributed by atoms with Gasteiger partial charge in [-0.05, 0) is 61.7 Å². The SMILES string of the molecule is Cc1cc(NS(=O)(=O)c2cccc(Cl)c2)c2c(-c3ccc(C)c(C)c3)csc2n1.O=C(O)C(F)(F)F. The van der Waals surface area contributed by atoms with E-state index in [1.807, 2.05) is 12.3 Å². The number of hydrogen-bond acceptors (Lipinski definition) is 5. The number of nitrogens with one attached hydrogen (secondary N) is 1. The van der Waals surface area contributed by atoms with Gasteiger partial charge in [-0.1, -0.05) is 35.9 Å². The van der Waals surface area contributed by atoms with Crippen molar-refractivity contribution >= 4 is 54.8 Å². The van der Waals surface area contributed by atoms with Crippen LogP contribution in [0.4, 0.5) is 18.9 Å². The maximum absolute atomic E-state index is 13.0. The first-order valence-corrected chi connectivity index (χ1v) is 13.0. The molecule has 2 aromatic carbocycles. The molecule has 0 saturated carbocycles. The fraction of sp³-hybridized carbons (Fsp3) is 0.167. The number of carboxylic acids is 1. The highest BCUT2D eigenvalue weighted by Gasteiger charge is 2.38. The first-order valence-electron chi connectivity index (χ1n) is 10.2. The molecule has 0 amide bonds. The lowest BCUT2D eigenvalue weighted by atomic mass is 10.00. The summed E-state index contributed by atoms with van der Waals surface area (Å²) in [6, 6.07) is 14.2. The molecular weight excluding hydrogens is 537 g/mol. The number of thiophene rings is 1. The highest BCUT2D eigenvalue weighted by Crippen LogP contribution is 2.39. The number of aliphatic carboxylic acids is 1. The number of halogens is 4. The Labute approximate surface area is 214 Å². The Morgan fingerprint density at radius 2 is 1.72 bits per heavy atom. The van der Waals surface area contributed by atoms with Gasteiger partial charge in [-0.2, -0.15) is 13.2 Å². The van der Waals surface area contributed by atoms with Crippen molar-refractivity contribution in [3.05, 3.63) is 75.8 Å². The monoisotopic (exact) mass is 556 g/mol. The van der Waals surface area contributed by atoms with Crippen molar-refractivity contribution in [2.45, 2.75) is 31.8 Å². The number of sulfonamides is 1. The average Bonchev–Trinajstić information content (AvgIpc) is 3.19. The van der Waals surface area contributed by atoms with Gasteiger partial charge in [0.2, 0.25) is 0 Å². The van der Waals surface area contributed by atoms with E-state index < -0.39 is 22.2 Å². The van der Waals surface area contributed by atoms with Crippen LogP contribution in [0.3, 0.4) is 0 Å². The van der Waals surface area contributed by atoms with Gasteiger partial charge in [0.1, 0.15) is 4.83 Å². The fourth-order valence-corrected chi connectivity index (χ4v) is 5.58. The number of benzene rings is 2. The Bertz CT molecular complexity index is 1550. The van der Waals surface area contributed by atoms with Gasteiger partial charge < -0.3 is 5.11 Å². The number of alkyl halides is 3. The van der Waals surface area contributed by atoms with Crippen molar-refractivity contribution in [1.29, 1.82) is 0 Å². The van der Waals surface area contributed by atoms with Crippen LogP contribution in [0.2, 0.25) is 5.02 Å². The van der Waals surface area contributed by atoms with Gasteiger partial charge in [0, 0.05) is 27.0 Å². The third kappa shape index (κ3) is 6.34. The average molecular weight is 557 g/mol. The number of hydrogen-bond donors (Lipinski definition) is 2. The number of nitrogens with zero attached hydrogens (tertiary/aromatic N) is 1. The van der Waals surface area contributed by atoms with Gasteiger partial charge in [-0.25, -0.2) is 18.2 Å². The summed E-state index contributed by atoms with van der Waals surface area (Å²) in [5.41, 5.74) is 5.65. The minimum atomic E-state index is -5.08. The molecule has 0 aliphatic carbocycles. The number of pyridine rings is 1. The van der Waals surface area contributed by atoms with Gasteiger partial charge in [-0.3, -0.25) is 4.72 Å². The smallest absolute Gasteiger partial charge is 0.475 e. The normalized spacial score (nSPS) is 11.6. The van der Waals surface area contributed by atoms with E-state index in [0.717, 1.165) is 27.0 Å². The number of aromatic nitrogens is 1. The molecule has 0 spiro atoms. The summed E-state index contributed by atoms with van der Waals surface area (Å²) in [7, 11) is -3.79. The zero-order chi connectivity index (χ0) is 26.8. The first kappa shape index (κ1) is 27.4. The zero-order valence-electron chi connectivity index (χ0n) is 19.1. The van der Waals surface area contributed by atoms with E-state index in [4.69, 9.17) is 21.5 Å². The number of fused-ring (bicyclic) bond motifs is 1. The lowest BCUT2D eigenvalue weighted by Crippen LogP contribution is -2.21. The van der Waals surface area contributed by atoms with Gasteiger partial charge in [0.15, 0.2) is 0 Å². The van der Waals surface area contributed by atoms with Crippen LogP contribution >= 0.6 is 22.9 Å². The van der Waals surface area contributed by atoms with Gasteiger partial charge in [0.05, 0.1) is 10.6 Å². The molecule has 190 valence electrons. The molecule has 0 aliphatic heterocycles. The Hall–Kier alpha value is -3.15. The second kappa shape index (κ2) is 10.5. The van der Waals surface area contributed by atoms with E-state index in [1.54, 1.807) is 18.2 Å². The number of carbonyl (C=O) groups is 1. The van der Waals surface area contributed by atoms with Crippen LogP contribution in [0, 0.1) is 20.8 Å². The lowest BCUT2D eigenvalue weighted by molar-refractivity contribution is -0.192. The Morgan fingerprint density at radius 3 is 2.31 bits per heavy atom. The summed E-state index contributed by atoms with van der Waals surface area (Å²) in [5.74, 6) is -2.76.